The van der Waals surface area contributed by atoms with E-state index in [0.29, 0.717) is 17.4 Å². The molecule has 0 spiro atoms. The van der Waals surface area contributed by atoms with Gasteiger partial charge >= 0.3 is 0 Å². The van der Waals surface area contributed by atoms with Gasteiger partial charge in [0.2, 0.25) is 0 Å². The molecule has 1 aliphatic heterocycles. The van der Waals surface area contributed by atoms with Crippen LogP contribution in [0.4, 0.5) is 15.9 Å². The summed E-state index contributed by atoms with van der Waals surface area (Å²) in [6.45, 7) is 2.54. The van der Waals surface area contributed by atoms with E-state index in [1.807, 2.05) is 18.3 Å². The van der Waals surface area contributed by atoms with Gasteiger partial charge < -0.3 is 14.6 Å². The third-order valence-electron chi connectivity index (χ3n) is 4.43. The van der Waals surface area contributed by atoms with Gasteiger partial charge in [-0.2, -0.15) is 0 Å². The van der Waals surface area contributed by atoms with Gasteiger partial charge in [-0.1, -0.05) is 23.2 Å². The first-order valence-electron chi connectivity index (χ1n) is 8.05. The zero-order valence-electron chi connectivity index (χ0n) is 13.3. The van der Waals surface area contributed by atoms with Gasteiger partial charge in [-0.15, -0.1) is 0 Å². The fourth-order valence-corrected chi connectivity index (χ4v) is 3.72. The molecule has 2 aromatic heterocycles. The number of anilines is 2. The number of hydrogen-bond donors (Lipinski definition) is 1. The summed E-state index contributed by atoms with van der Waals surface area (Å²) in [5.74, 6) is 0.687. The van der Waals surface area contributed by atoms with Crippen molar-refractivity contribution in [1.82, 2.24) is 9.55 Å². The standard InChI is InChI=1S/C18H16Cl2FN3O/c19-14-7-12(21)8-15(20)17(14)23-18-13-2-5-24(16(13)1-4-22-18)9-11-3-6-25-10-11/h1-2,4-5,7-8,11H,3,6,9-10H2,(H,22,23). The van der Waals surface area contributed by atoms with E-state index in [1.165, 1.54) is 12.1 Å². The van der Waals surface area contributed by atoms with Crippen LogP contribution in [0.3, 0.4) is 0 Å². The second-order valence-electron chi connectivity index (χ2n) is 6.16. The Bertz CT molecular complexity index is 899. The minimum atomic E-state index is -0.475. The average Bonchev–Trinajstić information content (AvgIpc) is 3.22. The van der Waals surface area contributed by atoms with Crippen molar-refractivity contribution in [3.63, 3.8) is 0 Å². The molecule has 1 saturated heterocycles. The first-order valence-corrected chi connectivity index (χ1v) is 8.80. The van der Waals surface area contributed by atoms with Gasteiger partial charge in [-0.25, -0.2) is 9.37 Å². The highest BCUT2D eigenvalue weighted by molar-refractivity contribution is 6.39. The van der Waals surface area contributed by atoms with Crippen molar-refractivity contribution in [1.29, 1.82) is 0 Å². The van der Waals surface area contributed by atoms with Crippen LogP contribution in [0, 0.1) is 11.7 Å². The van der Waals surface area contributed by atoms with Crippen molar-refractivity contribution in [2.24, 2.45) is 5.92 Å². The molecular weight excluding hydrogens is 364 g/mol. The Hall–Kier alpha value is -1.82. The predicted octanol–water partition coefficient (Wildman–Crippen LogP) is 5.26. The summed E-state index contributed by atoms with van der Waals surface area (Å²) >= 11 is 12.2. The number of aromatic nitrogens is 2. The van der Waals surface area contributed by atoms with Gasteiger partial charge in [0.1, 0.15) is 11.6 Å². The summed E-state index contributed by atoms with van der Waals surface area (Å²) < 4.78 is 21.0. The Morgan fingerprint density at radius 2 is 2.08 bits per heavy atom. The lowest BCUT2D eigenvalue weighted by Crippen LogP contribution is -2.09. The minimum absolute atomic E-state index is 0.214. The van der Waals surface area contributed by atoms with Crippen molar-refractivity contribution < 1.29 is 9.13 Å². The van der Waals surface area contributed by atoms with Gasteiger partial charge in [-0.3, -0.25) is 0 Å². The lowest BCUT2D eigenvalue weighted by atomic mass is 10.1. The lowest BCUT2D eigenvalue weighted by molar-refractivity contribution is 0.183. The molecule has 0 saturated carbocycles. The number of nitrogens with zero attached hydrogens (tertiary/aromatic N) is 2. The Morgan fingerprint density at radius 1 is 1.28 bits per heavy atom. The number of benzene rings is 1. The van der Waals surface area contributed by atoms with E-state index in [-0.39, 0.29) is 10.0 Å². The van der Waals surface area contributed by atoms with Crippen LogP contribution in [-0.2, 0) is 11.3 Å². The molecule has 1 aliphatic rings. The van der Waals surface area contributed by atoms with E-state index in [1.54, 1.807) is 6.20 Å². The smallest absolute Gasteiger partial charge is 0.139 e. The van der Waals surface area contributed by atoms with Gasteiger partial charge in [-0.05, 0) is 30.7 Å². The van der Waals surface area contributed by atoms with Crippen molar-refractivity contribution >= 4 is 45.6 Å². The highest BCUT2D eigenvalue weighted by Gasteiger charge is 2.18. The Kier molecular flexibility index (Phi) is 4.54. The van der Waals surface area contributed by atoms with Crippen molar-refractivity contribution in [2.75, 3.05) is 18.5 Å². The molecule has 4 rings (SSSR count). The molecule has 1 aromatic carbocycles. The maximum Gasteiger partial charge on any atom is 0.139 e. The van der Waals surface area contributed by atoms with E-state index < -0.39 is 5.82 Å². The predicted molar refractivity (Wildman–Crippen MR) is 98.4 cm³/mol. The van der Waals surface area contributed by atoms with E-state index >= 15 is 0 Å². The lowest BCUT2D eigenvalue weighted by Gasteiger charge is -2.13. The SMILES string of the molecule is Fc1cc(Cl)c(Nc2nccc3c2ccn3CC2CCOC2)c(Cl)c1. The Labute approximate surface area is 154 Å². The van der Waals surface area contributed by atoms with Crippen LogP contribution < -0.4 is 5.32 Å². The number of hydrogen-bond acceptors (Lipinski definition) is 3. The average molecular weight is 380 g/mol. The van der Waals surface area contributed by atoms with E-state index in [2.05, 4.69) is 14.9 Å². The normalized spacial score (nSPS) is 17.3. The maximum absolute atomic E-state index is 13.4. The fraction of sp³-hybridized carbons (Fsp3) is 0.278. The summed E-state index contributed by atoms with van der Waals surface area (Å²) in [6.07, 6.45) is 4.86. The topological polar surface area (TPSA) is 39.1 Å². The summed E-state index contributed by atoms with van der Waals surface area (Å²) in [6, 6.07) is 6.43. The van der Waals surface area contributed by atoms with Crippen LogP contribution in [0.1, 0.15) is 6.42 Å². The first-order chi connectivity index (χ1) is 12.1. The van der Waals surface area contributed by atoms with Gasteiger partial charge in [0.15, 0.2) is 0 Å². The first kappa shape index (κ1) is 16.6. The number of nitrogens with one attached hydrogen (secondary N) is 1. The Balaban J connectivity index is 1.68. The van der Waals surface area contributed by atoms with Gasteiger partial charge in [0, 0.05) is 36.8 Å². The number of pyridine rings is 1. The van der Waals surface area contributed by atoms with E-state index in [4.69, 9.17) is 27.9 Å². The molecule has 1 N–H and O–H groups in total. The zero-order valence-corrected chi connectivity index (χ0v) is 14.8. The van der Waals surface area contributed by atoms with Crippen LogP contribution in [-0.4, -0.2) is 22.8 Å². The van der Waals surface area contributed by atoms with Crippen LogP contribution in [0.25, 0.3) is 10.9 Å². The number of ether oxygens (including phenoxy) is 1. The van der Waals surface area contributed by atoms with E-state index in [9.17, 15) is 4.39 Å². The number of fused-ring (bicyclic) bond motifs is 1. The third-order valence-corrected chi connectivity index (χ3v) is 5.02. The van der Waals surface area contributed by atoms with Crippen LogP contribution in [0.15, 0.2) is 36.7 Å². The van der Waals surface area contributed by atoms with Crippen LogP contribution in [0.2, 0.25) is 10.0 Å². The monoisotopic (exact) mass is 379 g/mol. The number of halogens is 3. The molecular formula is C18H16Cl2FN3O. The molecule has 0 bridgehead atoms. The zero-order chi connectivity index (χ0) is 17.4. The van der Waals surface area contributed by atoms with Crippen LogP contribution >= 0.6 is 23.2 Å². The molecule has 0 aliphatic carbocycles. The second kappa shape index (κ2) is 6.83. The third kappa shape index (κ3) is 3.32. The summed E-state index contributed by atoms with van der Waals surface area (Å²) in [5, 5.41) is 4.52. The summed E-state index contributed by atoms with van der Waals surface area (Å²) in [4.78, 5) is 4.39. The quantitative estimate of drug-likeness (QED) is 0.671. The van der Waals surface area contributed by atoms with Gasteiger partial charge in [0.25, 0.3) is 0 Å². The molecule has 0 radical (unpaired) electrons. The fourth-order valence-electron chi connectivity index (χ4n) is 3.17. The largest absolute Gasteiger partial charge is 0.381 e. The van der Waals surface area contributed by atoms with Crippen LogP contribution in [0.5, 0.6) is 0 Å². The molecule has 0 amide bonds. The molecule has 25 heavy (non-hydrogen) atoms. The molecule has 3 aromatic rings. The van der Waals surface area contributed by atoms with Crippen molar-refractivity contribution in [3.8, 4) is 0 Å². The second-order valence-corrected chi connectivity index (χ2v) is 6.97. The Morgan fingerprint density at radius 3 is 2.80 bits per heavy atom. The molecule has 1 fully saturated rings. The summed E-state index contributed by atoms with van der Waals surface area (Å²) in [7, 11) is 0. The number of rotatable bonds is 4. The highest BCUT2D eigenvalue weighted by atomic mass is 35.5. The van der Waals surface area contributed by atoms with Crippen molar-refractivity contribution in [3.05, 3.63) is 52.5 Å². The van der Waals surface area contributed by atoms with E-state index in [0.717, 1.165) is 37.1 Å². The summed E-state index contributed by atoms with van der Waals surface area (Å²) in [5.41, 5.74) is 1.51. The molecule has 7 heteroatoms. The van der Waals surface area contributed by atoms with Crippen molar-refractivity contribution in [2.45, 2.75) is 13.0 Å². The van der Waals surface area contributed by atoms with Gasteiger partial charge in [0.05, 0.1) is 27.9 Å². The molecule has 1 unspecified atom stereocenters. The maximum atomic E-state index is 13.4. The molecule has 1 atom stereocenters. The highest BCUT2D eigenvalue weighted by Crippen LogP contribution is 2.35. The molecule has 4 nitrogen and oxygen atoms in total. The minimum Gasteiger partial charge on any atom is -0.381 e. The molecule has 3 heterocycles. The molecule has 130 valence electrons.